The molecule has 0 aliphatic rings. The van der Waals surface area contributed by atoms with Crippen molar-refractivity contribution in [1.82, 2.24) is 19.9 Å². The number of fused-ring (bicyclic) bond motifs is 1. The molecule has 0 bridgehead atoms. The molecule has 2 aromatic heterocycles. The van der Waals surface area contributed by atoms with Gasteiger partial charge in [-0.15, -0.1) is 10.2 Å². The van der Waals surface area contributed by atoms with E-state index in [9.17, 15) is 0 Å². The van der Waals surface area contributed by atoms with E-state index < -0.39 is 0 Å². The number of nitrogens with zero attached hydrogens (tertiary/aromatic N) is 3. The number of nitrogens with one attached hydrogen (secondary N) is 1. The fraction of sp³-hybridized carbons (Fsp3) is 0.600. The third-order valence-corrected chi connectivity index (χ3v) is 3.61. The summed E-state index contributed by atoms with van der Waals surface area (Å²) in [7, 11) is 1.75. The Bertz CT molecular complexity index is 564. The van der Waals surface area contributed by atoms with Gasteiger partial charge in [-0.25, -0.2) is 0 Å². The zero-order valence-electron chi connectivity index (χ0n) is 12.9. The second-order valence-electron chi connectivity index (χ2n) is 5.94. The van der Waals surface area contributed by atoms with Crippen LogP contribution < -0.4 is 5.32 Å². The van der Waals surface area contributed by atoms with Gasteiger partial charge in [0.05, 0.1) is 11.6 Å². The highest BCUT2D eigenvalue weighted by Crippen LogP contribution is 2.18. The SMILES string of the molecule is COC(C)(C)CC(C)NC(C)c1nnc2ccccn12. The molecule has 2 aromatic rings. The van der Waals surface area contributed by atoms with Crippen LogP contribution in [0.5, 0.6) is 0 Å². The van der Waals surface area contributed by atoms with Crippen molar-refractivity contribution >= 4 is 5.65 Å². The normalized spacial score (nSPS) is 15.4. The first-order chi connectivity index (χ1) is 9.43. The maximum Gasteiger partial charge on any atom is 0.160 e. The van der Waals surface area contributed by atoms with Crippen LogP contribution in [0.15, 0.2) is 24.4 Å². The van der Waals surface area contributed by atoms with Gasteiger partial charge in [-0.05, 0) is 46.2 Å². The number of methoxy groups -OCH3 is 1. The van der Waals surface area contributed by atoms with Crippen molar-refractivity contribution in [3.8, 4) is 0 Å². The van der Waals surface area contributed by atoms with Crippen molar-refractivity contribution in [3.05, 3.63) is 30.2 Å². The van der Waals surface area contributed by atoms with Crippen LogP contribution in [0.3, 0.4) is 0 Å². The smallest absolute Gasteiger partial charge is 0.160 e. The Balaban J connectivity index is 2.06. The zero-order valence-corrected chi connectivity index (χ0v) is 12.9. The van der Waals surface area contributed by atoms with Crippen molar-refractivity contribution in [2.45, 2.75) is 51.8 Å². The average molecular weight is 276 g/mol. The highest BCUT2D eigenvalue weighted by atomic mass is 16.5. The van der Waals surface area contributed by atoms with E-state index in [1.54, 1.807) is 7.11 Å². The molecule has 1 N–H and O–H groups in total. The van der Waals surface area contributed by atoms with Gasteiger partial charge in [-0.3, -0.25) is 4.40 Å². The van der Waals surface area contributed by atoms with Gasteiger partial charge in [-0.2, -0.15) is 0 Å². The molecule has 0 saturated heterocycles. The minimum Gasteiger partial charge on any atom is -0.379 e. The molecular weight excluding hydrogens is 252 g/mol. The quantitative estimate of drug-likeness (QED) is 0.881. The van der Waals surface area contributed by atoms with Gasteiger partial charge in [0.1, 0.15) is 0 Å². The van der Waals surface area contributed by atoms with Crippen molar-refractivity contribution in [2.75, 3.05) is 7.11 Å². The maximum atomic E-state index is 5.48. The van der Waals surface area contributed by atoms with Crippen molar-refractivity contribution in [3.63, 3.8) is 0 Å². The number of hydrogen-bond acceptors (Lipinski definition) is 4. The molecule has 2 rings (SSSR count). The third-order valence-electron chi connectivity index (χ3n) is 3.61. The zero-order chi connectivity index (χ0) is 14.8. The van der Waals surface area contributed by atoms with Gasteiger partial charge in [0.15, 0.2) is 11.5 Å². The fourth-order valence-corrected chi connectivity index (χ4v) is 2.54. The highest BCUT2D eigenvalue weighted by molar-refractivity contribution is 5.37. The number of ether oxygens (including phenoxy) is 1. The molecule has 2 unspecified atom stereocenters. The van der Waals surface area contributed by atoms with Crippen LogP contribution in [-0.2, 0) is 4.74 Å². The van der Waals surface area contributed by atoms with E-state index in [2.05, 4.69) is 43.2 Å². The van der Waals surface area contributed by atoms with Crippen molar-refractivity contribution in [2.24, 2.45) is 0 Å². The number of aromatic nitrogens is 3. The summed E-state index contributed by atoms with van der Waals surface area (Å²) in [5, 5.41) is 12.0. The standard InChI is InChI=1S/C15H24N4O/c1-11(10-15(3,4)20-5)16-12(2)14-18-17-13-8-6-7-9-19(13)14/h6-9,11-12,16H,10H2,1-5H3. The molecule has 0 saturated carbocycles. The van der Waals surface area contributed by atoms with Crippen LogP contribution in [0.4, 0.5) is 0 Å². The van der Waals surface area contributed by atoms with Gasteiger partial charge < -0.3 is 10.1 Å². The van der Waals surface area contributed by atoms with Gasteiger partial charge in [0.2, 0.25) is 0 Å². The summed E-state index contributed by atoms with van der Waals surface area (Å²) in [4.78, 5) is 0. The molecule has 2 heterocycles. The molecule has 2 atom stereocenters. The van der Waals surface area contributed by atoms with E-state index in [1.165, 1.54) is 0 Å². The molecule has 0 aromatic carbocycles. The Morgan fingerprint density at radius 1 is 1.30 bits per heavy atom. The lowest BCUT2D eigenvalue weighted by atomic mass is 9.99. The van der Waals surface area contributed by atoms with Crippen LogP contribution in [-0.4, -0.2) is 33.4 Å². The number of hydrogen-bond donors (Lipinski definition) is 1. The second kappa shape index (κ2) is 5.89. The molecule has 0 radical (unpaired) electrons. The van der Waals surface area contributed by atoms with E-state index in [0.717, 1.165) is 17.9 Å². The summed E-state index contributed by atoms with van der Waals surface area (Å²) in [6, 6.07) is 6.38. The van der Waals surface area contributed by atoms with E-state index in [4.69, 9.17) is 4.74 Å². The van der Waals surface area contributed by atoms with Crippen LogP contribution in [0, 0.1) is 0 Å². The summed E-state index contributed by atoms with van der Waals surface area (Å²) < 4.78 is 7.50. The van der Waals surface area contributed by atoms with Crippen LogP contribution in [0.25, 0.3) is 5.65 Å². The highest BCUT2D eigenvalue weighted by Gasteiger charge is 2.22. The molecular formula is C15H24N4O. The van der Waals surface area contributed by atoms with E-state index in [1.807, 2.05) is 28.8 Å². The molecule has 20 heavy (non-hydrogen) atoms. The predicted molar refractivity (Wildman–Crippen MR) is 79.7 cm³/mol. The van der Waals surface area contributed by atoms with Crippen LogP contribution in [0.1, 0.15) is 46.0 Å². The molecule has 0 aliphatic carbocycles. The lowest BCUT2D eigenvalue weighted by Gasteiger charge is -2.28. The first kappa shape index (κ1) is 14.9. The molecule has 0 aliphatic heterocycles. The first-order valence-corrected chi connectivity index (χ1v) is 7.04. The van der Waals surface area contributed by atoms with Gasteiger partial charge in [0.25, 0.3) is 0 Å². The molecule has 0 amide bonds. The Labute approximate surface area is 120 Å². The monoisotopic (exact) mass is 276 g/mol. The average Bonchev–Trinajstić information content (AvgIpc) is 2.81. The maximum absolute atomic E-state index is 5.48. The number of rotatable bonds is 6. The van der Waals surface area contributed by atoms with Crippen molar-refractivity contribution in [1.29, 1.82) is 0 Å². The van der Waals surface area contributed by atoms with Crippen LogP contribution >= 0.6 is 0 Å². The van der Waals surface area contributed by atoms with Gasteiger partial charge in [-0.1, -0.05) is 6.07 Å². The largest absolute Gasteiger partial charge is 0.379 e. The van der Waals surface area contributed by atoms with Crippen molar-refractivity contribution < 1.29 is 4.74 Å². The van der Waals surface area contributed by atoms with E-state index in [-0.39, 0.29) is 11.6 Å². The molecule has 5 heteroatoms. The minimum atomic E-state index is -0.126. The molecule has 5 nitrogen and oxygen atoms in total. The Hall–Kier alpha value is -1.46. The third kappa shape index (κ3) is 3.35. The second-order valence-corrected chi connectivity index (χ2v) is 5.94. The van der Waals surface area contributed by atoms with Crippen LogP contribution in [0.2, 0.25) is 0 Å². The summed E-state index contributed by atoms with van der Waals surface area (Å²) in [6.45, 7) is 8.48. The number of pyridine rings is 1. The van der Waals surface area contributed by atoms with E-state index in [0.29, 0.717) is 6.04 Å². The molecule has 110 valence electrons. The fourth-order valence-electron chi connectivity index (χ4n) is 2.54. The Morgan fingerprint density at radius 2 is 2.05 bits per heavy atom. The molecule has 0 spiro atoms. The molecule has 0 fully saturated rings. The topological polar surface area (TPSA) is 51.5 Å². The Kier molecular flexibility index (Phi) is 4.40. The van der Waals surface area contributed by atoms with Gasteiger partial charge >= 0.3 is 0 Å². The summed E-state index contributed by atoms with van der Waals surface area (Å²) in [6.07, 6.45) is 2.93. The summed E-state index contributed by atoms with van der Waals surface area (Å²) >= 11 is 0. The summed E-state index contributed by atoms with van der Waals surface area (Å²) in [5.74, 6) is 0.933. The minimum absolute atomic E-state index is 0.126. The lowest BCUT2D eigenvalue weighted by molar-refractivity contribution is 0.00774. The first-order valence-electron chi connectivity index (χ1n) is 7.04. The van der Waals surface area contributed by atoms with E-state index >= 15 is 0 Å². The predicted octanol–water partition coefficient (Wildman–Crippen LogP) is 2.58. The van der Waals surface area contributed by atoms with Gasteiger partial charge in [0, 0.05) is 19.3 Å². The summed E-state index contributed by atoms with van der Waals surface area (Å²) in [5.41, 5.74) is 0.750. The Morgan fingerprint density at radius 3 is 2.75 bits per heavy atom. The lowest BCUT2D eigenvalue weighted by Crippen LogP contribution is -2.37.